The first kappa shape index (κ1) is 13.5. The lowest BCUT2D eigenvalue weighted by Crippen LogP contribution is -2.56. The topological polar surface area (TPSA) is 69.4 Å². The van der Waals surface area contributed by atoms with Gasteiger partial charge in [0.25, 0.3) is 0 Å². The smallest absolute Gasteiger partial charge is 0.319 e. The van der Waals surface area contributed by atoms with Crippen LogP contribution in [0, 0.1) is 15.5 Å². The molecule has 1 aromatic carbocycles. The van der Waals surface area contributed by atoms with E-state index in [0.29, 0.717) is 19.3 Å². The number of ether oxygens (including phenoxy) is 1. The van der Waals surface area contributed by atoms with Crippen LogP contribution in [0.15, 0.2) is 30.3 Å². The van der Waals surface area contributed by atoms with Crippen LogP contribution in [0.25, 0.3) is 0 Å². The highest BCUT2D eigenvalue weighted by molar-refractivity contribution is 5.79. The summed E-state index contributed by atoms with van der Waals surface area (Å²) < 4.78 is 5.06. The van der Waals surface area contributed by atoms with E-state index in [0.717, 1.165) is 5.56 Å². The van der Waals surface area contributed by atoms with E-state index < -0.39 is 17.4 Å². The first-order chi connectivity index (χ1) is 9.10. The Balaban J connectivity index is 2.25. The normalized spacial score (nSPS) is 25.4. The van der Waals surface area contributed by atoms with Crippen molar-refractivity contribution in [2.75, 3.05) is 6.61 Å². The van der Waals surface area contributed by atoms with Crippen molar-refractivity contribution >= 4 is 5.97 Å². The van der Waals surface area contributed by atoms with E-state index in [1.165, 1.54) is 0 Å². The van der Waals surface area contributed by atoms with Gasteiger partial charge < -0.3 is 4.74 Å². The van der Waals surface area contributed by atoms with Gasteiger partial charge >= 0.3 is 5.97 Å². The minimum absolute atomic E-state index is 0.250. The summed E-state index contributed by atoms with van der Waals surface area (Å²) in [7, 11) is 0. The summed E-state index contributed by atoms with van der Waals surface area (Å²) in [5, 5.41) is 11.1. The molecule has 0 N–H and O–H groups in total. The Bertz CT molecular complexity index is 474. The Hall–Kier alpha value is -1.91. The molecule has 0 aliphatic heterocycles. The second-order valence-corrected chi connectivity index (χ2v) is 4.88. The Morgan fingerprint density at radius 1 is 1.47 bits per heavy atom. The van der Waals surface area contributed by atoms with Crippen molar-refractivity contribution < 1.29 is 14.5 Å². The molecule has 102 valence electrons. The summed E-state index contributed by atoms with van der Waals surface area (Å²) in [6.07, 6.45) is 1.34. The van der Waals surface area contributed by atoms with Gasteiger partial charge in [0.05, 0.1) is 6.61 Å². The summed E-state index contributed by atoms with van der Waals surface area (Å²) in [6.45, 7) is 1.97. The van der Waals surface area contributed by atoms with Gasteiger partial charge in [-0.3, -0.25) is 14.9 Å². The molecule has 0 amide bonds. The first-order valence-electron chi connectivity index (χ1n) is 6.45. The van der Waals surface area contributed by atoms with Crippen molar-refractivity contribution in [3.05, 3.63) is 46.0 Å². The predicted molar refractivity (Wildman–Crippen MR) is 69.2 cm³/mol. The van der Waals surface area contributed by atoms with E-state index in [4.69, 9.17) is 4.74 Å². The first-order valence-corrected chi connectivity index (χ1v) is 6.45. The summed E-state index contributed by atoms with van der Waals surface area (Å²) >= 11 is 0. The molecular formula is C14H17NO4. The van der Waals surface area contributed by atoms with Gasteiger partial charge in [-0.1, -0.05) is 30.3 Å². The molecule has 5 heteroatoms. The number of hydrogen-bond acceptors (Lipinski definition) is 4. The van der Waals surface area contributed by atoms with Crippen LogP contribution in [0.3, 0.4) is 0 Å². The fourth-order valence-electron chi connectivity index (χ4n) is 2.68. The molecule has 0 spiro atoms. The number of nitro groups is 1. The minimum atomic E-state index is -0.985. The minimum Gasteiger partial charge on any atom is -0.465 e. The zero-order valence-corrected chi connectivity index (χ0v) is 10.9. The van der Waals surface area contributed by atoms with E-state index in [9.17, 15) is 14.9 Å². The Kier molecular flexibility index (Phi) is 3.83. The summed E-state index contributed by atoms with van der Waals surface area (Å²) in [4.78, 5) is 22.9. The summed E-state index contributed by atoms with van der Waals surface area (Å²) in [6, 6.07) is 8.56. The SMILES string of the molecule is CCOC(=O)C1(Cc2ccccc2)CCC1[N+](=O)[O-]. The molecule has 0 saturated heterocycles. The molecule has 1 fully saturated rings. The lowest BCUT2D eigenvalue weighted by molar-refractivity contribution is -0.556. The standard InChI is InChI=1S/C14H17NO4/c1-2-19-13(16)14(9-8-12(14)15(17)18)10-11-6-4-3-5-7-11/h3-7,12H,2,8-10H2,1H3. The second kappa shape index (κ2) is 5.38. The number of benzene rings is 1. The van der Waals surface area contributed by atoms with Crippen LogP contribution >= 0.6 is 0 Å². The maximum absolute atomic E-state index is 12.1. The zero-order valence-electron chi connectivity index (χ0n) is 10.9. The fourth-order valence-corrected chi connectivity index (χ4v) is 2.68. The average molecular weight is 263 g/mol. The number of esters is 1. The summed E-state index contributed by atoms with van der Waals surface area (Å²) in [5.41, 5.74) is -0.0528. The van der Waals surface area contributed by atoms with Crippen molar-refractivity contribution in [2.24, 2.45) is 5.41 Å². The molecule has 0 aromatic heterocycles. The Morgan fingerprint density at radius 2 is 2.16 bits per heavy atom. The van der Waals surface area contributed by atoms with Crippen LogP contribution in [0.2, 0.25) is 0 Å². The molecule has 1 saturated carbocycles. The van der Waals surface area contributed by atoms with Crippen molar-refractivity contribution in [2.45, 2.75) is 32.2 Å². The largest absolute Gasteiger partial charge is 0.465 e. The van der Waals surface area contributed by atoms with Crippen LogP contribution in [-0.2, 0) is 16.0 Å². The van der Waals surface area contributed by atoms with Crippen LogP contribution in [0.1, 0.15) is 25.3 Å². The van der Waals surface area contributed by atoms with Crippen LogP contribution in [0.5, 0.6) is 0 Å². The molecule has 1 aliphatic rings. The molecule has 0 radical (unpaired) electrons. The highest BCUT2D eigenvalue weighted by atomic mass is 16.6. The van der Waals surface area contributed by atoms with Gasteiger partial charge in [-0.2, -0.15) is 0 Å². The number of nitrogens with zero attached hydrogens (tertiary/aromatic N) is 1. The molecule has 0 bridgehead atoms. The monoisotopic (exact) mass is 263 g/mol. The number of hydrogen-bond donors (Lipinski definition) is 0. The van der Waals surface area contributed by atoms with E-state index in [1.807, 2.05) is 30.3 Å². The highest BCUT2D eigenvalue weighted by Gasteiger charge is 2.61. The van der Waals surface area contributed by atoms with E-state index in [1.54, 1.807) is 6.92 Å². The van der Waals surface area contributed by atoms with Gasteiger partial charge in [-0.05, 0) is 25.3 Å². The molecule has 0 heterocycles. The number of carbonyl (C=O) groups excluding carboxylic acids is 1. The van der Waals surface area contributed by atoms with Crippen molar-refractivity contribution in [1.82, 2.24) is 0 Å². The maximum Gasteiger partial charge on any atom is 0.319 e. The maximum atomic E-state index is 12.1. The molecule has 2 atom stereocenters. The van der Waals surface area contributed by atoms with Gasteiger partial charge in [-0.25, -0.2) is 0 Å². The third kappa shape index (κ3) is 2.45. The van der Waals surface area contributed by atoms with E-state index >= 15 is 0 Å². The third-order valence-corrected chi connectivity index (χ3v) is 3.80. The van der Waals surface area contributed by atoms with Crippen LogP contribution in [0.4, 0.5) is 0 Å². The Labute approximate surface area is 111 Å². The zero-order chi connectivity index (χ0) is 13.9. The van der Waals surface area contributed by atoms with E-state index in [2.05, 4.69) is 0 Å². The van der Waals surface area contributed by atoms with Gasteiger partial charge in [-0.15, -0.1) is 0 Å². The molecule has 2 rings (SSSR count). The third-order valence-electron chi connectivity index (χ3n) is 3.80. The molecule has 1 aromatic rings. The van der Waals surface area contributed by atoms with Crippen molar-refractivity contribution in [1.29, 1.82) is 0 Å². The second-order valence-electron chi connectivity index (χ2n) is 4.88. The highest BCUT2D eigenvalue weighted by Crippen LogP contribution is 2.46. The van der Waals surface area contributed by atoms with Gasteiger partial charge in [0.15, 0.2) is 0 Å². The average Bonchev–Trinajstić information content (AvgIpc) is 2.35. The van der Waals surface area contributed by atoms with Crippen LogP contribution in [-0.4, -0.2) is 23.5 Å². The molecule has 5 nitrogen and oxygen atoms in total. The van der Waals surface area contributed by atoms with Gasteiger partial charge in [0.1, 0.15) is 5.41 Å². The summed E-state index contributed by atoms with van der Waals surface area (Å²) in [5.74, 6) is -0.438. The quantitative estimate of drug-likeness (QED) is 0.464. The molecular weight excluding hydrogens is 246 g/mol. The van der Waals surface area contributed by atoms with E-state index in [-0.39, 0.29) is 11.5 Å². The van der Waals surface area contributed by atoms with Crippen molar-refractivity contribution in [3.8, 4) is 0 Å². The van der Waals surface area contributed by atoms with Gasteiger partial charge in [0, 0.05) is 11.3 Å². The van der Waals surface area contributed by atoms with Crippen molar-refractivity contribution in [3.63, 3.8) is 0 Å². The number of carbonyl (C=O) groups is 1. The van der Waals surface area contributed by atoms with Gasteiger partial charge in [0.2, 0.25) is 6.04 Å². The molecule has 2 unspecified atom stereocenters. The van der Waals surface area contributed by atoms with Crippen LogP contribution < -0.4 is 0 Å². The predicted octanol–water partition coefficient (Wildman–Crippen LogP) is 2.22. The Morgan fingerprint density at radius 3 is 2.63 bits per heavy atom. The molecule has 19 heavy (non-hydrogen) atoms. The fraction of sp³-hybridized carbons (Fsp3) is 0.500. The molecule has 1 aliphatic carbocycles. The number of rotatable bonds is 5. The lowest BCUT2D eigenvalue weighted by atomic mass is 9.61. The lowest BCUT2D eigenvalue weighted by Gasteiger charge is -2.41.